The predicted octanol–water partition coefficient (Wildman–Crippen LogP) is 5.01. The van der Waals surface area contributed by atoms with Crippen LogP contribution in [-0.4, -0.2) is 12.1 Å². The van der Waals surface area contributed by atoms with Crippen molar-refractivity contribution in [3.8, 4) is 5.75 Å². The topological polar surface area (TPSA) is 34.1 Å². The predicted molar refractivity (Wildman–Crippen MR) is 80.9 cm³/mol. The molecule has 0 aliphatic carbocycles. The minimum atomic E-state index is 0.577. The molecule has 2 aromatic rings. The van der Waals surface area contributed by atoms with Gasteiger partial charge in [0, 0.05) is 10.7 Å². The highest BCUT2D eigenvalue weighted by molar-refractivity contribution is 9.10. The Hall–Kier alpha value is -0.780. The summed E-state index contributed by atoms with van der Waals surface area (Å²) in [5, 5.41) is 3.77. The first-order chi connectivity index (χ1) is 8.60. The van der Waals surface area contributed by atoms with Crippen LogP contribution in [0.4, 0.5) is 11.5 Å². The van der Waals surface area contributed by atoms with E-state index < -0.39 is 0 Å². The van der Waals surface area contributed by atoms with Crippen LogP contribution in [0.15, 0.2) is 39.4 Å². The highest BCUT2D eigenvalue weighted by Gasteiger charge is 2.07. The van der Waals surface area contributed by atoms with Crippen molar-refractivity contribution < 1.29 is 4.74 Å². The lowest BCUT2D eigenvalue weighted by Crippen LogP contribution is -1.97. The molecule has 0 amide bonds. The van der Waals surface area contributed by atoms with Crippen LogP contribution in [0, 0.1) is 0 Å². The first kappa shape index (κ1) is 13.6. The summed E-state index contributed by atoms with van der Waals surface area (Å²) < 4.78 is 7.03. The number of halogens is 3. The Bertz CT molecular complexity index is 578. The van der Waals surface area contributed by atoms with Gasteiger partial charge in [-0.15, -0.1) is 0 Å². The van der Waals surface area contributed by atoms with Crippen LogP contribution >= 0.6 is 43.5 Å². The Morgan fingerprint density at radius 3 is 2.72 bits per heavy atom. The molecule has 94 valence electrons. The molecule has 0 atom stereocenters. The summed E-state index contributed by atoms with van der Waals surface area (Å²) in [6, 6.07) is 7.48. The van der Waals surface area contributed by atoms with E-state index in [1.165, 1.54) is 0 Å². The maximum Gasteiger partial charge on any atom is 0.144 e. The normalized spacial score (nSPS) is 10.2. The molecule has 18 heavy (non-hydrogen) atoms. The van der Waals surface area contributed by atoms with Crippen molar-refractivity contribution >= 4 is 55.0 Å². The number of aromatic nitrogens is 1. The molecule has 3 nitrogen and oxygen atoms in total. The van der Waals surface area contributed by atoms with E-state index in [1.807, 2.05) is 18.2 Å². The number of nitrogens with one attached hydrogen (secondary N) is 1. The van der Waals surface area contributed by atoms with Gasteiger partial charge in [-0.2, -0.15) is 0 Å². The molecule has 0 aliphatic heterocycles. The van der Waals surface area contributed by atoms with E-state index in [2.05, 4.69) is 42.2 Å². The summed E-state index contributed by atoms with van der Waals surface area (Å²) in [6.07, 6.45) is 1.58. The molecule has 1 heterocycles. The maximum atomic E-state index is 5.85. The number of rotatable bonds is 3. The lowest BCUT2D eigenvalue weighted by atomic mass is 10.3. The first-order valence-electron chi connectivity index (χ1n) is 5.02. The van der Waals surface area contributed by atoms with Crippen LogP contribution in [0.5, 0.6) is 5.75 Å². The number of methoxy groups -OCH3 is 1. The molecule has 0 unspecified atom stereocenters. The average molecular weight is 392 g/mol. The second-order valence-electron chi connectivity index (χ2n) is 3.45. The highest BCUT2D eigenvalue weighted by atomic mass is 79.9. The Labute approximate surface area is 127 Å². The van der Waals surface area contributed by atoms with Gasteiger partial charge >= 0.3 is 0 Å². The van der Waals surface area contributed by atoms with E-state index >= 15 is 0 Å². The minimum Gasteiger partial charge on any atom is -0.495 e. The van der Waals surface area contributed by atoms with Crippen LogP contribution in [-0.2, 0) is 0 Å². The van der Waals surface area contributed by atoms with Crippen LogP contribution in [0.1, 0.15) is 0 Å². The van der Waals surface area contributed by atoms with Crippen LogP contribution in [0.2, 0.25) is 5.02 Å². The highest BCUT2D eigenvalue weighted by Crippen LogP contribution is 2.33. The van der Waals surface area contributed by atoms with E-state index in [-0.39, 0.29) is 0 Å². The van der Waals surface area contributed by atoms with Gasteiger partial charge in [0.15, 0.2) is 0 Å². The molecule has 0 bridgehead atoms. The number of nitrogens with zero attached hydrogens (tertiary/aromatic N) is 1. The molecule has 0 fully saturated rings. The van der Waals surface area contributed by atoms with Crippen molar-refractivity contribution in [1.29, 1.82) is 0 Å². The van der Waals surface area contributed by atoms with Gasteiger partial charge in [0.05, 0.1) is 22.3 Å². The Morgan fingerprint density at radius 1 is 1.28 bits per heavy atom. The van der Waals surface area contributed by atoms with Gasteiger partial charge in [-0.1, -0.05) is 27.5 Å². The molecular formula is C12H9Br2ClN2O. The largest absolute Gasteiger partial charge is 0.495 e. The standard InChI is InChI=1S/C12H9Br2ClN2O/c1-18-11-3-2-7(13)4-10(11)17-12-9(14)5-8(15)6-16-12/h2-6H,1H3,(H,16,17). The van der Waals surface area contributed by atoms with Gasteiger partial charge in [0.25, 0.3) is 0 Å². The van der Waals surface area contributed by atoms with Crippen LogP contribution < -0.4 is 10.1 Å². The fraction of sp³-hybridized carbons (Fsp3) is 0.0833. The number of benzene rings is 1. The van der Waals surface area contributed by atoms with Crippen LogP contribution in [0.3, 0.4) is 0 Å². The molecule has 1 aromatic heterocycles. The SMILES string of the molecule is COc1ccc(Br)cc1Nc1ncc(Cl)cc1Br. The molecule has 0 aliphatic rings. The quantitative estimate of drug-likeness (QED) is 0.797. The lowest BCUT2D eigenvalue weighted by Gasteiger charge is -2.12. The van der Waals surface area contributed by atoms with Crippen molar-refractivity contribution in [2.75, 3.05) is 12.4 Å². The zero-order chi connectivity index (χ0) is 13.1. The van der Waals surface area contributed by atoms with E-state index in [0.717, 1.165) is 20.4 Å². The Balaban J connectivity index is 2.36. The van der Waals surface area contributed by atoms with Crippen molar-refractivity contribution in [2.45, 2.75) is 0 Å². The Kier molecular flexibility index (Phi) is 4.48. The van der Waals surface area contributed by atoms with Crippen molar-refractivity contribution in [3.05, 3.63) is 44.4 Å². The molecule has 2 rings (SSSR count). The van der Waals surface area contributed by atoms with Gasteiger partial charge in [-0.3, -0.25) is 0 Å². The third kappa shape index (κ3) is 3.16. The minimum absolute atomic E-state index is 0.577. The van der Waals surface area contributed by atoms with Crippen molar-refractivity contribution in [1.82, 2.24) is 4.98 Å². The molecule has 1 N–H and O–H groups in total. The summed E-state index contributed by atoms with van der Waals surface area (Å²) in [7, 11) is 1.62. The number of anilines is 2. The molecule has 0 saturated heterocycles. The number of hydrogen-bond acceptors (Lipinski definition) is 3. The third-order valence-electron chi connectivity index (χ3n) is 2.22. The zero-order valence-corrected chi connectivity index (χ0v) is 13.3. The smallest absolute Gasteiger partial charge is 0.144 e. The molecule has 0 saturated carbocycles. The molecule has 0 radical (unpaired) electrons. The monoisotopic (exact) mass is 390 g/mol. The maximum absolute atomic E-state index is 5.85. The average Bonchev–Trinajstić information content (AvgIpc) is 2.33. The van der Waals surface area contributed by atoms with Gasteiger partial charge in [0.2, 0.25) is 0 Å². The van der Waals surface area contributed by atoms with E-state index in [9.17, 15) is 0 Å². The van der Waals surface area contributed by atoms with E-state index in [4.69, 9.17) is 16.3 Å². The van der Waals surface area contributed by atoms with Gasteiger partial charge < -0.3 is 10.1 Å². The summed E-state index contributed by atoms with van der Waals surface area (Å²) >= 11 is 12.7. The number of hydrogen-bond donors (Lipinski definition) is 1. The molecule has 6 heteroatoms. The fourth-order valence-electron chi connectivity index (χ4n) is 1.41. The molecular weight excluding hydrogens is 383 g/mol. The number of pyridine rings is 1. The molecule has 0 spiro atoms. The third-order valence-corrected chi connectivity index (χ3v) is 3.53. The van der Waals surface area contributed by atoms with Gasteiger partial charge in [0.1, 0.15) is 11.6 Å². The van der Waals surface area contributed by atoms with Crippen LogP contribution in [0.25, 0.3) is 0 Å². The lowest BCUT2D eigenvalue weighted by molar-refractivity contribution is 0.416. The van der Waals surface area contributed by atoms with Gasteiger partial charge in [-0.25, -0.2) is 4.98 Å². The summed E-state index contributed by atoms with van der Waals surface area (Å²) in [5.41, 5.74) is 0.822. The first-order valence-corrected chi connectivity index (χ1v) is 6.98. The van der Waals surface area contributed by atoms with E-state index in [0.29, 0.717) is 10.8 Å². The zero-order valence-electron chi connectivity index (χ0n) is 9.38. The second-order valence-corrected chi connectivity index (χ2v) is 5.66. The van der Waals surface area contributed by atoms with Gasteiger partial charge in [-0.05, 0) is 40.2 Å². The number of ether oxygens (including phenoxy) is 1. The van der Waals surface area contributed by atoms with Crippen molar-refractivity contribution in [2.24, 2.45) is 0 Å². The van der Waals surface area contributed by atoms with Crippen molar-refractivity contribution in [3.63, 3.8) is 0 Å². The van der Waals surface area contributed by atoms with E-state index in [1.54, 1.807) is 19.4 Å². The molecule has 1 aromatic carbocycles. The second kappa shape index (κ2) is 5.91. The fourth-order valence-corrected chi connectivity index (χ4v) is 2.51. The summed E-state index contributed by atoms with van der Waals surface area (Å²) in [6.45, 7) is 0. The summed E-state index contributed by atoms with van der Waals surface area (Å²) in [5.74, 6) is 1.41. The Morgan fingerprint density at radius 2 is 2.06 bits per heavy atom. The summed E-state index contributed by atoms with van der Waals surface area (Å²) in [4.78, 5) is 4.22.